The lowest BCUT2D eigenvalue weighted by Crippen LogP contribution is -2.42. The van der Waals surface area contributed by atoms with Crippen LogP contribution in [-0.4, -0.2) is 29.4 Å². The van der Waals surface area contributed by atoms with Crippen molar-refractivity contribution in [3.63, 3.8) is 0 Å². The zero-order valence-electron chi connectivity index (χ0n) is 16.1. The van der Waals surface area contributed by atoms with Crippen molar-refractivity contribution in [2.24, 2.45) is 5.10 Å². The number of rotatable bonds is 4. The van der Waals surface area contributed by atoms with Crippen molar-refractivity contribution in [1.29, 1.82) is 0 Å². The molecule has 7 heteroatoms. The molecule has 1 aliphatic heterocycles. The number of para-hydroxylation sites is 2. The van der Waals surface area contributed by atoms with E-state index in [-0.39, 0.29) is 12.5 Å². The van der Waals surface area contributed by atoms with E-state index in [9.17, 15) is 4.79 Å². The van der Waals surface area contributed by atoms with E-state index in [1.54, 1.807) is 12.3 Å². The maximum Gasteiger partial charge on any atom is 0.284 e. The molecular weight excluding hydrogens is 434 g/mol. The molecule has 0 saturated heterocycles. The summed E-state index contributed by atoms with van der Waals surface area (Å²) >= 11 is 3.51. The molecule has 1 amide bonds. The summed E-state index contributed by atoms with van der Waals surface area (Å²) in [6.45, 7) is 4.20. The Bertz CT molecular complexity index is 1090. The largest absolute Gasteiger partial charge is 0.485 e. The second-order valence-electron chi connectivity index (χ2n) is 6.74. The summed E-state index contributed by atoms with van der Waals surface area (Å²) in [7, 11) is 0. The smallest absolute Gasteiger partial charge is 0.284 e. The van der Waals surface area contributed by atoms with Crippen LogP contribution >= 0.6 is 15.9 Å². The van der Waals surface area contributed by atoms with Crippen LogP contribution in [0.1, 0.15) is 17.0 Å². The van der Waals surface area contributed by atoms with Gasteiger partial charge in [-0.1, -0.05) is 34.1 Å². The zero-order valence-corrected chi connectivity index (χ0v) is 17.6. The maximum atomic E-state index is 12.4. The molecule has 2 heterocycles. The molecule has 0 unspecified atom stereocenters. The Morgan fingerprint density at radius 3 is 2.76 bits per heavy atom. The topological polar surface area (TPSA) is 64.8 Å². The third-order valence-electron chi connectivity index (χ3n) is 4.72. The SMILES string of the molecule is Cc1cc(/C=N\NC(=O)[C@H]2COc3ccccc3O2)c(C)n1-c1cccc(Br)c1. The molecule has 0 spiro atoms. The van der Waals surface area contributed by atoms with Crippen molar-refractivity contribution in [3.8, 4) is 17.2 Å². The van der Waals surface area contributed by atoms with E-state index in [0.29, 0.717) is 11.5 Å². The van der Waals surface area contributed by atoms with E-state index >= 15 is 0 Å². The van der Waals surface area contributed by atoms with Gasteiger partial charge in [0.05, 0.1) is 6.21 Å². The predicted molar refractivity (Wildman–Crippen MR) is 115 cm³/mol. The van der Waals surface area contributed by atoms with Crippen molar-refractivity contribution in [2.45, 2.75) is 20.0 Å². The molecule has 148 valence electrons. The number of amides is 1. The molecule has 0 radical (unpaired) electrons. The molecule has 0 saturated carbocycles. The number of carbonyl (C=O) groups excluding carboxylic acids is 1. The van der Waals surface area contributed by atoms with Crippen LogP contribution in [0.4, 0.5) is 0 Å². The number of hydrazone groups is 1. The van der Waals surface area contributed by atoms with Crippen LogP contribution in [0.2, 0.25) is 0 Å². The Morgan fingerprint density at radius 1 is 1.17 bits per heavy atom. The van der Waals surface area contributed by atoms with Gasteiger partial charge in [-0.05, 0) is 50.2 Å². The summed E-state index contributed by atoms with van der Waals surface area (Å²) in [6, 6.07) is 17.4. The van der Waals surface area contributed by atoms with E-state index < -0.39 is 6.10 Å². The van der Waals surface area contributed by atoms with E-state index in [4.69, 9.17) is 9.47 Å². The minimum absolute atomic E-state index is 0.149. The Morgan fingerprint density at radius 2 is 1.97 bits per heavy atom. The van der Waals surface area contributed by atoms with Crippen LogP contribution in [0.15, 0.2) is 64.2 Å². The summed E-state index contributed by atoms with van der Waals surface area (Å²) in [6.07, 6.45) is 0.906. The molecule has 1 aromatic heterocycles. The summed E-state index contributed by atoms with van der Waals surface area (Å²) in [4.78, 5) is 12.4. The number of aromatic nitrogens is 1. The first-order chi connectivity index (χ1) is 14.0. The molecule has 0 bridgehead atoms. The van der Waals surface area contributed by atoms with Crippen molar-refractivity contribution < 1.29 is 14.3 Å². The number of hydrogen-bond acceptors (Lipinski definition) is 4. The van der Waals surface area contributed by atoms with Gasteiger partial charge in [-0.15, -0.1) is 0 Å². The number of hydrogen-bond donors (Lipinski definition) is 1. The monoisotopic (exact) mass is 453 g/mol. The maximum absolute atomic E-state index is 12.4. The van der Waals surface area contributed by atoms with E-state index in [2.05, 4.69) is 37.1 Å². The quantitative estimate of drug-likeness (QED) is 0.476. The number of aryl methyl sites for hydroxylation is 1. The number of ether oxygens (including phenoxy) is 2. The van der Waals surface area contributed by atoms with Crippen LogP contribution in [-0.2, 0) is 4.79 Å². The summed E-state index contributed by atoms with van der Waals surface area (Å²) in [5.74, 6) is 0.844. The van der Waals surface area contributed by atoms with Crippen LogP contribution in [0.5, 0.6) is 11.5 Å². The van der Waals surface area contributed by atoms with Crippen molar-refractivity contribution >= 4 is 28.1 Å². The second-order valence-corrected chi connectivity index (χ2v) is 7.66. The first-order valence-electron chi connectivity index (χ1n) is 9.19. The molecule has 1 N–H and O–H groups in total. The van der Waals surface area contributed by atoms with Gasteiger partial charge >= 0.3 is 0 Å². The number of carbonyl (C=O) groups is 1. The van der Waals surface area contributed by atoms with E-state index in [1.807, 2.05) is 56.3 Å². The Hall–Kier alpha value is -3.06. The fourth-order valence-corrected chi connectivity index (χ4v) is 3.70. The average molecular weight is 454 g/mol. The van der Waals surface area contributed by atoms with Gasteiger partial charge in [0.25, 0.3) is 5.91 Å². The first-order valence-corrected chi connectivity index (χ1v) is 9.98. The molecule has 0 aliphatic carbocycles. The molecule has 1 atom stereocenters. The molecule has 29 heavy (non-hydrogen) atoms. The summed E-state index contributed by atoms with van der Waals surface area (Å²) in [5.41, 5.74) is 6.64. The minimum atomic E-state index is -0.740. The van der Waals surface area contributed by atoms with Gasteiger partial charge in [0.1, 0.15) is 6.61 Å². The van der Waals surface area contributed by atoms with Crippen LogP contribution in [0.25, 0.3) is 5.69 Å². The third kappa shape index (κ3) is 4.05. The van der Waals surface area contributed by atoms with Gasteiger partial charge in [-0.2, -0.15) is 5.10 Å². The van der Waals surface area contributed by atoms with Gasteiger partial charge in [0.15, 0.2) is 11.5 Å². The molecular formula is C22H20BrN3O3. The molecule has 3 aromatic rings. The lowest BCUT2D eigenvalue weighted by Gasteiger charge is -2.24. The highest BCUT2D eigenvalue weighted by Crippen LogP contribution is 2.30. The van der Waals surface area contributed by atoms with Gasteiger partial charge < -0.3 is 14.0 Å². The highest BCUT2D eigenvalue weighted by Gasteiger charge is 2.27. The van der Waals surface area contributed by atoms with Gasteiger partial charge in [-0.25, -0.2) is 5.43 Å². The summed E-state index contributed by atoms with van der Waals surface area (Å²) < 4.78 is 14.4. The number of benzene rings is 2. The van der Waals surface area contributed by atoms with E-state index in [1.165, 1.54) is 0 Å². The first kappa shape index (κ1) is 19.3. The van der Waals surface area contributed by atoms with Crippen molar-refractivity contribution in [1.82, 2.24) is 9.99 Å². The molecule has 4 rings (SSSR count). The zero-order chi connectivity index (χ0) is 20.4. The van der Waals surface area contributed by atoms with Gasteiger partial charge in [0, 0.05) is 27.1 Å². The second kappa shape index (κ2) is 8.13. The normalized spacial score (nSPS) is 15.5. The third-order valence-corrected chi connectivity index (χ3v) is 5.21. The van der Waals surface area contributed by atoms with E-state index in [0.717, 1.165) is 27.1 Å². The van der Waals surface area contributed by atoms with Crippen LogP contribution in [0, 0.1) is 13.8 Å². The predicted octanol–water partition coefficient (Wildman–Crippen LogP) is 4.15. The Balaban J connectivity index is 1.45. The highest BCUT2D eigenvalue weighted by atomic mass is 79.9. The number of nitrogens with one attached hydrogen (secondary N) is 1. The van der Waals surface area contributed by atoms with Crippen LogP contribution < -0.4 is 14.9 Å². The van der Waals surface area contributed by atoms with Gasteiger partial charge in [-0.3, -0.25) is 4.79 Å². The lowest BCUT2D eigenvalue weighted by molar-refractivity contribution is -0.130. The fourth-order valence-electron chi connectivity index (χ4n) is 3.32. The molecule has 2 aromatic carbocycles. The number of fused-ring (bicyclic) bond motifs is 1. The fraction of sp³-hybridized carbons (Fsp3) is 0.182. The average Bonchev–Trinajstić information content (AvgIpc) is 3.00. The number of halogens is 1. The molecule has 0 fully saturated rings. The lowest BCUT2D eigenvalue weighted by atomic mass is 10.2. The number of nitrogens with zero attached hydrogens (tertiary/aromatic N) is 2. The summed E-state index contributed by atoms with van der Waals surface area (Å²) in [5, 5.41) is 4.12. The standard InChI is InChI=1S/C22H20BrN3O3/c1-14-10-16(15(2)26(14)18-7-5-6-17(23)11-18)12-24-25-22(27)21-13-28-19-8-3-4-9-20(19)29-21/h3-12,21H,13H2,1-2H3,(H,25,27)/b24-12-/t21-/m1/s1. The molecule has 1 aliphatic rings. The Labute approximate surface area is 177 Å². The highest BCUT2D eigenvalue weighted by molar-refractivity contribution is 9.10. The minimum Gasteiger partial charge on any atom is -0.485 e. The van der Waals surface area contributed by atoms with Crippen LogP contribution in [0.3, 0.4) is 0 Å². The van der Waals surface area contributed by atoms with Crippen molar-refractivity contribution in [3.05, 3.63) is 76.0 Å². The van der Waals surface area contributed by atoms with Gasteiger partial charge in [0.2, 0.25) is 6.10 Å². The Kier molecular flexibility index (Phi) is 5.40. The molecule has 6 nitrogen and oxygen atoms in total. The van der Waals surface area contributed by atoms with Crippen molar-refractivity contribution in [2.75, 3.05) is 6.61 Å².